The van der Waals surface area contributed by atoms with Crippen molar-refractivity contribution in [3.8, 4) is 0 Å². The summed E-state index contributed by atoms with van der Waals surface area (Å²) in [5.41, 5.74) is 7.12. The number of carboxylic acid groups (broad SMARTS) is 2. The van der Waals surface area contributed by atoms with Gasteiger partial charge in [0.25, 0.3) is 0 Å². The van der Waals surface area contributed by atoms with Gasteiger partial charge in [0.1, 0.15) is 0 Å². The van der Waals surface area contributed by atoms with Crippen molar-refractivity contribution in [2.24, 2.45) is 34.5 Å². The molecule has 2 aliphatic heterocycles. The highest BCUT2D eigenvalue weighted by Crippen LogP contribution is 2.63. The minimum absolute atomic E-state index is 0.145. The van der Waals surface area contributed by atoms with E-state index in [9.17, 15) is 24.3 Å². The van der Waals surface area contributed by atoms with Crippen molar-refractivity contribution in [1.29, 1.82) is 0 Å². The number of rotatable bonds is 13. The molecule has 6 aliphatic rings. The predicted octanol–water partition coefficient (Wildman–Crippen LogP) is 12.8. The van der Waals surface area contributed by atoms with Crippen molar-refractivity contribution in [1.82, 2.24) is 14.5 Å². The number of ether oxygens (including phenoxy) is 2. The molecule has 6 fully saturated rings. The summed E-state index contributed by atoms with van der Waals surface area (Å²) in [4.78, 5) is 51.3. The molecule has 12 rings (SSSR count). The third-order valence-corrected chi connectivity index (χ3v) is 17.6. The number of fused-ring (bicyclic) bond motifs is 2. The van der Waals surface area contributed by atoms with Gasteiger partial charge >= 0.3 is 11.9 Å². The van der Waals surface area contributed by atoms with Gasteiger partial charge < -0.3 is 39.0 Å². The molecule has 15 heteroatoms. The molecule has 2 saturated heterocycles. The van der Waals surface area contributed by atoms with Crippen molar-refractivity contribution in [3.63, 3.8) is 0 Å². The first-order valence-electron chi connectivity index (χ1n) is 26.8. The molecule has 0 unspecified atom stereocenters. The van der Waals surface area contributed by atoms with E-state index < -0.39 is 11.9 Å². The minimum Gasteiger partial charge on any atom is -0.481 e. The van der Waals surface area contributed by atoms with Gasteiger partial charge in [0.05, 0.1) is 49.3 Å². The average Bonchev–Trinajstić information content (AvgIpc) is 4.01. The molecule has 4 aromatic carbocycles. The Kier molecular flexibility index (Phi) is 17.6. The zero-order chi connectivity index (χ0) is 52.9. The maximum absolute atomic E-state index is 13.4. The number of hydrogen-bond donors (Lipinski definition) is 3. The fourth-order valence-corrected chi connectivity index (χ4v) is 13.5. The lowest BCUT2D eigenvalue weighted by molar-refractivity contribution is -0.158. The van der Waals surface area contributed by atoms with E-state index in [-0.39, 0.29) is 34.2 Å². The summed E-state index contributed by atoms with van der Waals surface area (Å²) in [7, 11) is 0. The minimum atomic E-state index is -0.680. The number of carbonyl (C=O) groups is 4. The lowest BCUT2D eigenvalue weighted by Gasteiger charge is -2.56. The van der Waals surface area contributed by atoms with Crippen molar-refractivity contribution in [3.05, 3.63) is 134 Å². The Morgan fingerprint density at radius 1 is 0.587 bits per heavy atom. The van der Waals surface area contributed by atoms with Crippen molar-refractivity contribution < 1.29 is 38.9 Å². The second-order valence-corrected chi connectivity index (χ2v) is 23.3. The smallest absolute Gasteiger partial charge is 0.306 e. The van der Waals surface area contributed by atoms with Gasteiger partial charge in [-0.05, 0) is 146 Å². The predicted molar refractivity (Wildman–Crippen MR) is 300 cm³/mol. The first-order chi connectivity index (χ1) is 36.2. The third kappa shape index (κ3) is 12.6. The highest BCUT2D eigenvalue weighted by Gasteiger charge is 2.56. The van der Waals surface area contributed by atoms with Gasteiger partial charge in [0.15, 0.2) is 11.6 Å². The molecule has 4 heterocycles. The van der Waals surface area contributed by atoms with Gasteiger partial charge in [-0.2, -0.15) is 0 Å². The van der Waals surface area contributed by atoms with Crippen LogP contribution in [0.4, 0.5) is 5.69 Å². The second kappa shape index (κ2) is 24.1. The molecular formula is C60H69BrCl2N4O8. The standard InChI is InChI=1S/C29H31ClN2O4.C25H23BrClNO3.C4H9NO.C2H6/c30-25-6-5-24(26(33)13-20-14-29(15-20)16-21(17-29)28(34)35)27-23(25)7-8-32(27)18-19-1-3-22(4-2-19)31-9-11-36-12-10-31;26-18-3-1-15(2-4-18)14-28-8-7-19-21(27)6-5-20(23(19)28)22(29)9-16-10-25(11-16)12-17(13-25)24(30)31;1-3-6-4-2-5-1;1-2/h1-8,20-21H,9-18H2,(H,34,35);1-8,16-17H,9-14H2,(H,30,31);5H,1-4H2;1-2H3. The average molecular weight is 1130 g/mol. The van der Waals surface area contributed by atoms with Crippen LogP contribution in [0.5, 0.6) is 0 Å². The van der Waals surface area contributed by atoms with Crippen molar-refractivity contribution >= 4 is 90.1 Å². The topological polar surface area (TPSA) is 152 Å². The summed E-state index contributed by atoms with van der Waals surface area (Å²) < 4.78 is 15.7. The first-order valence-corrected chi connectivity index (χ1v) is 28.3. The van der Waals surface area contributed by atoms with Crippen LogP contribution in [0.3, 0.4) is 0 Å². The molecule has 75 heavy (non-hydrogen) atoms. The lowest BCUT2D eigenvalue weighted by Crippen LogP contribution is -2.50. The van der Waals surface area contributed by atoms with E-state index in [2.05, 4.69) is 71.7 Å². The number of halogens is 3. The zero-order valence-electron chi connectivity index (χ0n) is 43.0. The van der Waals surface area contributed by atoms with E-state index in [0.717, 1.165) is 147 Å². The molecule has 12 nitrogen and oxygen atoms in total. The van der Waals surface area contributed by atoms with Gasteiger partial charge in [-0.3, -0.25) is 19.2 Å². The number of Topliss-reactive ketones (excluding diaryl/α,β-unsaturated/α-hetero) is 2. The highest BCUT2D eigenvalue weighted by molar-refractivity contribution is 9.10. The second-order valence-electron chi connectivity index (χ2n) is 21.5. The molecule has 0 atom stereocenters. The quantitative estimate of drug-likeness (QED) is 0.0953. The molecular weight excluding hydrogens is 1060 g/mol. The van der Waals surface area contributed by atoms with Crippen LogP contribution in [0.25, 0.3) is 21.8 Å². The molecule has 398 valence electrons. The normalized spacial score (nSPS) is 24.5. The summed E-state index contributed by atoms with van der Waals surface area (Å²) in [5.74, 6) is -0.754. The van der Waals surface area contributed by atoms with Crippen LogP contribution in [0.2, 0.25) is 10.0 Å². The number of hydrogen-bond acceptors (Lipinski definition) is 8. The van der Waals surface area contributed by atoms with Crippen LogP contribution in [-0.2, 0) is 32.2 Å². The Balaban J connectivity index is 0.000000162. The molecule has 2 aromatic heterocycles. The molecule has 0 bridgehead atoms. The Bertz CT molecular complexity index is 2960. The zero-order valence-corrected chi connectivity index (χ0v) is 46.1. The third-order valence-electron chi connectivity index (χ3n) is 16.4. The van der Waals surface area contributed by atoms with Crippen LogP contribution >= 0.6 is 39.1 Å². The maximum Gasteiger partial charge on any atom is 0.306 e. The Morgan fingerprint density at radius 3 is 1.39 bits per heavy atom. The van der Waals surface area contributed by atoms with E-state index in [1.807, 2.05) is 74.8 Å². The van der Waals surface area contributed by atoms with E-state index in [1.165, 1.54) is 11.3 Å². The first kappa shape index (κ1) is 54.8. The maximum atomic E-state index is 13.4. The van der Waals surface area contributed by atoms with Crippen LogP contribution in [-0.4, -0.2) is 95.5 Å². The summed E-state index contributed by atoms with van der Waals surface area (Å²) >= 11 is 16.4. The van der Waals surface area contributed by atoms with Crippen LogP contribution in [0.1, 0.15) is 110 Å². The summed E-state index contributed by atoms with van der Waals surface area (Å²) in [5, 5.41) is 24.6. The number of carbonyl (C=O) groups excluding carboxylic acids is 2. The van der Waals surface area contributed by atoms with Gasteiger partial charge in [0.2, 0.25) is 0 Å². The van der Waals surface area contributed by atoms with Gasteiger partial charge in [0, 0.05) is 107 Å². The molecule has 0 amide bonds. The number of aromatic nitrogens is 2. The van der Waals surface area contributed by atoms with E-state index in [0.29, 0.717) is 47.8 Å². The van der Waals surface area contributed by atoms with E-state index in [1.54, 1.807) is 0 Å². The van der Waals surface area contributed by atoms with Gasteiger partial charge in [-0.15, -0.1) is 0 Å². The summed E-state index contributed by atoms with van der Waals surface area (Å²) in [6.07, 6.45) is 12.0. The number of aliphatic carboxylic acids is 2. The lowest BCUT2D eigenvalue weighted by atomic mass is 9.47. The number of benzene rings is 4. The summed E-state index contributed by atoms with van der Waals surface area (Å²) in [6.45, 7) is 12.5. The monoisotopic (exact) mass is 1120 g/mol. The molecule has 3 N–H and O–H groups in total. The molecule has 2 spiro atoms. The van der Waals surface area contributed by atoms with Crippen molar-refractivity contribution in [2.75, 3.05) is 57.5 Å². The Morgan fingerprint density at radius 2 is 1.00 bits per heavy atom. The number of nitrogens with one attached hydrogen (secondary N) is 1. The molecule has 4 saturated carbocycles. The van der Waals surface area contributed by atoms with E-state index >= 15 is 0 Å². The van der Waals surface area contributed by atoms with E-state index in [4.69, 9.17) is 37.8 Å². The van der Waals surface area contributed by atoms with Crippen LogP contribution in [0.15, 0.2) is 102 Å². The number of nitrogens with zero attached hydrogens (tertiary/aromatic N) is 3. The van der Waals surface area contributed by atoms with Crippen LogP contribution in [0, 0.1) is 34.5 Å². The SMILES string of the molecule is C1COCCN1.CC.O=C(CC1CC2(C1)CC(C(=O)O)C2)c1ccc(Cl)c2ccn(Cc3ccc(Br)cc3)c12.O=C(CC1CC2(C1)CC(C(=O)O)C2)c1ccc(Cl)c2ccn(Cc3ccc(N4CCOCC4)cc3)c12. The van der Waals surface area contributed by atoms with Gasteiger partial charge in [-0.1, -0.05) is 77.2 Å². The Labute approximate surface area is 458 Å². The summed E-state index contributed by atoms with van der Waals surface area (Å²) in [6, 6.07) is 28.1. The number of carboxylic acids is 2. The fourth-order valence-electron chi connectivity index (χ4n) is 12.8. The largest absolute Gasteiger partial charge is 0.481 e. The number of ketones is 2. The Hall–Kier alpha value is -5.02. The van der Waals surface area contributed by atoms with Crippen molar-refractivity contribution in [2.45, 2.75) is 91.1 Å². The number of morpholine rings is 2. The fraction of sp³-hybridized carbons (Fsp3) is 0.467. The van der Waals surface area contributed by atoms with Crippen LogP contribution < -0.4 is 10.2 Å². The van der Waals surface area contributed by atoms with Gasteiger partial charge in [-0.25, -0.2) is 0 Å². The number of anilines is 1. The highest BCUT2D eigenvalue weighted by atomic mass is 79.9. The molecule has 6 aromatic rings. The molecule has 0 radical (unpaired) electrons. The molecule has 4 aliphatic carbocycles.